The van der Waals surface area contributed by atoms with Crippen LogP contribution in [0.1, 0.15) is 44.7 Å². The monoisotopic (exact) mass is 585 g/mol. The first-order valence-corrected chi connectivity index (χ1v) is 15.2. The van der Waals surface area contributed by atoms with Crippen LogP contribution >= 0.6 is 0 Å². The van der Waals surface area contributed by atoms with Gasteiger partial charge in [0.05, 0.1) is 11.9 Å². The number of benzene rings is 3. The third-order valence-corrected chi connectivity index (χ3v) is 7.50. The van der Waals surface area contributed by atoms with Crippen molar-refractivity contribution in [2.45, 2.75) is 58.2 Å². The summed E-state index contributed by atoms with van der Waals surface area (Å²) in [6, 6.07) is 19.3. The Kier molecular flexibility index (Phi) is 10.6. The number of nitrogens with one attached hydrogen (secondary N) is 1. The number of carbonyl (C=O) groups excluding carboxylic acids is 2. The highest BCUT2D eigenvalue weighted by atomic mass is 32.2. The van der Waals surface area contributed by atoms with Gasteiger partial charge in [-0.2, -0.15) is 0 Å². The summed E-state index contributed by atoms with van der Waals surface area (Å²) in [4.78, 5) is 28.9. The maximum absolute atomic E-state index is 13.8. The molecule has 1 N–H and O–H groups in total. The van der Waals surface area contributed by atoms with Gasteiger partial charge in [-0.15, -0.1) is 0 Å². The lowest BCUT2D eigenvalue weighted by Crippen LogP contribution is -2.54. The highest BCUT2D eigenvalue weighted by Gasteiger charge is 2.32. The molecule has 0 bridgehead atoms. The molecule has 1 unspecified atom stereocenters. The van der Waals surface area contributed by atoms with Gasteiger partial charge in [0.15, 0.2) is 0 Å². The van der Waals surface area contributed by atoms with Crippen LogP contribution in [0.4, 0.5) is 14.5 Å². The Morgan fingerprint density at radius 2 is 1.41 bits per heavy atom. The van der Waals surface area contributed by atoms with Crippen molar-refractivity contribution in [2.75, 3.05) is 17.1 Å². The normalized spacial score (nSPS) is 12.4. The second-order valence-electron chi connectivity index (χ2n) is 11.0. The van der Waals surface area contributed by atoms with E-state index in [1.165, 1.54) is 41.3 Å². The number of halogens is 2. The van der Waals surface area contributed by atoms with Crippen molar-refractivity contribution in [2.24, 2.45) is 0 Å². The molecule has 0 aromatic heterocycles. The highest BCUT2D eigenvalue weighted by molar-refractivity contribution is 7.92. The van der Waals surface area contributed by atoms with Gasteiger partial charge in [-0.05, 0) is 74.7 Å². The predicted octanol–water partition coefficient (Wildman–Crippen LogP) is 5.07. The molecule has 0 saturated heterocycles. The van der Waals surface area contributed by atoms with E-state index in [0.29, 0.717) is 5.56 Å². The maximum Gasteiger partial charge on any atom is 0.243 e. The number of anilines is 1. The molecular weight excluding hydrogens is 548 g/mol. The van der Waals surface area contributed by atoms with Gasteiger partial charge in [0.25, 0.3) is 0 Å². The van der Waals surface area contributed by atoms with Gasteiger partial charge in [0, 0.05) is 31.5 Å². The van der Waals surface area contributed by atoms with Crippen molar-refractivity contribution in [3.63, 3.8) is 0 Å². The molecule has 0 aliphatic heterocycles. The van der Waals surface area contributed by atoms with Crippen LogP contribution in [0.3, 0.4) is 0 Å². The van der Waals surface area contributed by atoms with Crippen molar-refractivity contribution in [1.82, 2.24) is 10.2 Å². The molecule has 1 atom stereocenters. The predicted molar refractivity (Wildman–Crippen MR) is 157 cm³/mol. The molecule has 0 aliphatic rings. The van der Waals surface area contributed by atoms with Crippen molar-refractivity contribution in [3.05, 3.63) is 102 Å². The molecule has 10 heteroatoms. The Bertz CT molecular complexity index is 1410. The summed E-state index contributed by atoms with van der Waals surface area (Å²) in [5, 5.41) is 2.98. The van der Waals surface area contributed by atoms with Gasteiger partial charge in [0.1, 0.15) is 17.7 Å². The van der Waals surface area contributed by atoms with Crippen molar-refractivity contribution < 1.29 is 26.8 Å². The van der Waals surface area contributed by atoms with E-state index in [1.807, 2.05) is 51.1 Å². The zero-order valence-electron chi connectivity index (χ0n) is 23.8. The summed E-state index contributed by atoms with van der Waals surface area (Å²) in [7, 11) is -3.71. The molecule has 2 amide bonds. The van der Waals surface area contributed by atoms with Crippen LogP contribution in [0.5, 0.6) is 0 Å². The Labute approximate surface area is 241 Å². The minimum absolute atomic E-state index is 0.0157. The van der Waals surface area contributed by atoms with E-state index in [4.69, 9.17) is 0 Å². The van der Waals surface area contributed by atoms with E-state index in [1.54, 1.807) is 12.1 Å². The van der Waals surface area contributed by atoms with E-state index < -0.39 is 33.2 Å². The van der Waals surface area contributed by atoms with Crippen molar-refractivity contribution >= 4 is 27.5 Å². The first kappa shape index (κ1) is 31.7. The smallest absolute Gasteiger partial charge is 0.243 e. The number of sulfonamides is 1. The lowest BCUT2D eigenvalue weighted by atomic mass is 10.00. The van der Waals surface area contributed by atoms with E-state index in [9.17, 15) is 26.8 Å². The Hall–Kier alpha value is -3.79. The summed E-state index contributed by atoms with van der Waals surface area (Å²) in [5.41, 5.74) is 1.24. The molecule has 220 valence electrons. The van der Waals surface area contributed by atoms with Gasteiger partial charge in [-0.25, -0.2) is 17.2 Å². The molecule has 0 spiro atoms. The van der Waals surface area contributed by atoms with Crippen LogP contribution in [0.2, 0.25) is 0 Å². The van der Waals surface area contributed by atoms with Crippen molar-refractivity contribution in [1.29, 1.82) is 0 Å². The fraction of sp³-hybridized carbons (Fsp3) is 0.355. The molecule has 0 heterocycles. The van der Waals surface area contributed by atoms with Crippen LogP contribution < -0.4 is 9.62 Å². The summed E-state index contributed by atoms with van der Waals surface area (Å²) >= 11 is 0. The molecule has 3 aromatic carbocycles. The van der Waals surface area contributed by atoms with Crippen LogP contribution in [0, 0.1) is 11.6 Å². The van der Waals surface area contributed by atoms with Crippen LogP contribution in [0.25, 0.3) is 0 Å². The molecule has 41 heavy (non-hydrogen) atoms. The van der Waals surface area contributed by atoms with Crippen LogP contribution in [-0.2, 0) is 32.6 Å². The fourth-order valence-electron chi connectivity index (χ4n) is 4.40. The van der Waals surface area contributed by atoms with E-state index in [-0.39, 0.29) is 49.9 Å². The number of amides is 2. The van der Waals surface area contributed by atoms with Gasteiger partial charge in [0.2, 0.25) is 21.8 Å². The lowest BCUT2D eigenvalue weighted by Gasteiger charge is -2.34. The topological polar surface area (TPSA) is 86.8 Å². The maximum atomic E-state index is 13.8. The van der Waals surface area contributed by atoms with Gasteiger partial charge in [-0.3, -0.25) is 13.9 Å². The van der Waals surface area contributed by atoms with E-state index >= 15 is 0 Å². The van der Waals surface area contributed by atoms with E-state index in [2.05, 4.69) is 5.32 Å². The zero-order chi connectivity index (χ0) is 30.2. The third-order valence-electron chi connectivity index (χ3n) is 6.30. The lowest BCUT2D eigenvalue weighted by molar-refractivity contribution is -0.142. The highest BCUT2D eigenvalue weighted by Crippen LogP contribution is 2.21. The third kappa shape index (κ3) is 9.97. The average Bonchev–Trinajstić information content (AvgIpc) is 2.89. The summed E-state index contributed by atoms with van der Waals surface area (Å²) in [6.45, 7) is 5.60. The number of nitrogens with zero attached hydrogens (tertiary/aromatic N) is 2. The standard InChI is InChI=1S/C31H37F2N3O4S/c1-31(2,3)34-30(38)28(21-23-9-6-5-7-10-23)35(22-24-12-14-25(32)15-13-24)29(37)11-8-20-36(41(4,39)40)27-18-16-26(33)17-19-27/h5-7,9-10,12-19,28H,8,11,20-22H2,1-4H3,(H,34,38). The molecular formula is C31H37F2N3O4S. The molecule has 0 saturated carbocycles. The number of rotatable bonds is 12. The molecule has 0 aliphatic carbocycles. The fourth-order valence-corrected chi connectivity index (χ4v) is 5.37. The van der Waals surface area contributed by atoms with Crippen molar-refractivity contribution in [3.8, 4) is 0 Å². The second kappa shape index (κ2) is 13.7. The average molecular weight is 586 g/mol. The molecule has 3 aromatic rings. The number of hydrogen-bond donors (Lipinski definition) is 1. The first-order valence-electron chi connectivity index (χ1n) is 13.4. The SMILES string of the molecule is CC(C)(C)NC(=O)C(Cc1ccccc1)N(Cc1ccc(F)cc1)C(=O)CCCN(c1ccc(F)cc1)S(C)(=O)=O. The zero-order valence-corrected chi connectivity index (χ0v) is 24.6. The Balaban J connectivity index is 1.89. The first-order chi connectivity index (χ1) is 19.2. The molecule has 0 radical (unpaired) electrons. The minimum Gasteiger partial charge on any atom is -0.350 e. The van der Waals surface area contributed by atoms with Gasteiger partial charge >= 0.3 is 0 Å². The summed E-state index contributed by atoms with van der Waals surface area (Å²) in [6.07, 6.45) is 1.40. The van der Waals surface area contributed by atoms with E-state index in [0.717, 1.165) is 16.1 Å². The summed E-state index contributed by atoms with van der Waals surface area (Å²) in [5.74, 6) is -1.60. The molecule has 7 nitrogen and oxygen atoms in total. The van der Waals surface area contributed by atoms with Crippen LogP contribution in [0.15, 0.2) is 78.9 Å². The molecule has 0 fully saturated rings. The quantitative estimate of drug-likeness (QED) is 0.322. The number of carbonyl (C=O) groups is 2. The van der Waals surface area contributed by atoms with Gasteiger partial charge < -0.3 is 10.2 Å². The Morgan fingerprint density at radius 1 is 0.854 bits per heavy atom. The Morgan fingerprint density at radius 3 is 1.95 bits per heavy atom. The summed E-state index contributed by atoms with van der Waals surface area (Å²) < 4.78 is 53.1. The second-order valence-corrected chi connectivity index (χ2v) is 12.9. The minimum atomic E-state index is -3.71. The number of hydrogen-bond acceptors (Lipinski definition) is 4. The van der Waals surface area contributed by atoms with Gasteiger partial charge in [-0.1, -0.05) is 42.5 Å². The van der Waals surface area contributed by atoms with Crippen LogP contribution in [-0.4, -0.2) is 49.5 Å². The largest absolute Gasteiger partial charge is 0.350 e. The molecule has 3 rings (SSSR count).